The van der Waals surface area contributed by atoms with Crippen LogP contribution in [0, 0.1) is 0 Å². The highest BCUT2D eigenvalue weighted by atomic mass is 35.5. The second-order valence-electron chi connectivity index (χ2n) is 8.15. The lowest BCUT2D eigenvalue weighted by Crippen LogP contribution is -2.47. The van der Waals surface area contributed by atoms with Gasteiger partial charge in [-0.25, -0.2) is 4.79 Å². The number of benzene rings is 2. The van der Waals surface area contributed by atoms with Crippen molar-refractivity contribution in [1.29, 1.82) is 0 Å². The monoisotopic (exact) mass is 428 g/mol. The summed E-state index contributed by atoms with van der Waals surface area (Å²) < 4.78 is 5.53. The summed E-state index contributed by atoms with van der Waals surface area (Å²) in [5.41, 5.74) is 1.77. The van der Waals surface area contributed by atoms with Gasteiger partial charge in [0.1, 0.15) is 11.4 Å². The number of rotatable bonds is 3. The highest BCUT2D eigenvalue weighted by molar-refractivity contribution is 6.30. The van der Waals surface area contributed by atoms with E-state index in [0.29, 0.717) is 23.6 Å². The minimum Gasteiger partial charge on any atom is -0.509 e. The molecule has 0 fully saturated rings. The van der Waals surface area contributed by atoms with Crippen LogP contribution in [0.5, 0.6) is 0 Å². The Labute approximate surface area is 181 Å². The molecule has 0 spiro atoms. The van der Waals surface area contributed by atoms with Crippen molar-refractivity contribution in [1.82, 2.24) is 10.2 Å². The molecule has 0 bridgehead atoms. The first-order valence-electron chi connectivity index (χ1n) is 9.66. The standard InChI is InChI=1S/C23H25ClN2O4/c1-23(2,3)30-22(29)26-14-17-7-5-4-6-16(17)12-19(26)20(27)13-25-21(28)15-8-10-18(24)11-9-15/h4-11,13,19,27H,12,14H2,1-3H3,(H,25,28)/b20-13-/t19-/m0/s1. The summed E-state index contributed by atoms with van der Waals surface area (Å²) in [5, 5.41) is 13.8. The molecule has 0 saturated heterocycles. The third-order valence-electron chi connectivity index (χ3n) is 4.68. The van der Waals surface area contributed by atoms with Crippen LogP contribution < -0.4 is 5.32 Å². The van der Waals surface area contributed by atoms with E-state index < -0.39 is 23.6 Å². The van der Waals surface area contributed by atoms with E-state index in [2.05, 4.69) is 5.32 Å². The highest BCUT2D eigenvalue weighted by Crippen LogP contribution is 2.28. The number of amides is 2. The zero-order valence-corrected chi connectivity index (χ0v) is 17.9. The predicted molar refractivity (Wildman–Crippen MR) is 115 cm³/mol. The van der Waals surface area contributed by atoms with Crippen LogP contribution in [-0.4, -0.2) is 33.6 Å². The van der Waals surface area contributed by atoms with Crippen molar-refractivity contribution in [2.45, 2.75) is 45.4 Å². The molecule has 0 aliphatic carbocycles. The van der Waals surface area contributed by atoms with Crippen LogP contribution in [-0.2, 0) is 17.7 Å². The number of hydrogen-bond donors (Lipinski definition) is 2. The molecular weight excluding hydrogens is 404 g/mol. The largest absolute Gasteiger partial charge is 0.509 e. The zero-order chi connectivity index (χ0) is 21.9. The van der Waals surface area contributed by atoms with Crippen molar-refractivity contribution >= 4 is 23.6 Å². The summed E-state index contributed by atoms with van der Waals surface area (Å²) in [4.78, 5) is 26.6. The first kappa shape index (κ1) is 21.7. The maximum Gasteiger partial charge on any atom is 0.411 e. The topological polar surface area (TPSA) is 78.9 Å². The summed E-state index contributed by atoms with van der Waals surface area (Å²) in [6, 6.07) is 13.5. The molecule has 1 aliphatic heterocycles. The minimum absolute atomic E-state index is 0.127. The second-order valence-corrected chi connectivity index (χ2v) is 8.58. The first-order valence-corrected chi connectivity index (χ1v) is 10.0. The number of carbonyl (C=O) groups excluding carboxylic acids is 2. The molecule has 2 aromatic rings. The van der Waals surface area contributed by atoms with Gasteiger partial charge in [0.25, 0.3) is 5.91 Å². The van der Waals surface area contributed by atoms with Crippen LogP contribution in [0.4, 0.5) is 4.79 Å². The Morgan fingerprint density at radius 2 is 1.77 bits per heavy atom. The summed E-state index contributed by atoms with van der Waals surface area (Å²) in [6.45, 7) is 5.68. The number of aliphatic hydroxyl groups is 1. The summed E-state index contributed by atoms with van der Waals surface area (Å²) in [7, 11) is 0. The van der Waals surface area contributed by atoms with Gasteiger partial charge >= 0.3 is 6.09 Å². The lowest BCUT2D eigenvalue weighted by Gasteiger charge is -2.37. The van der Waals surface area contributed by atoms with Crippen LogP contribution in [0.3, 0.4) is 0 Å². The number of fused-ring (bicyclic) bond motifs is 1. The molecule has 1 aliphatic rings. The minimum atomic E-state index is -0.666. The maximum absolute atomic E-state index is 12.8. The molecule has 7 heteroatoms. The molecule has 0 saturated carbocycles. The fourth-order valence-corrected chi connectivity index (χ4v) is 3.35. The quantitative estimate of drug-likeness (QED) is 0.686. The molecule has 30 heavy (non-hydrogen) atoms. The van der Waals surface area contributed by atoms with E-state index in [1.165, 1.54) is 11.1 Å². The van der Waals surface area contributed by atoms with Gasteiger partial charge in [-0.3, -0.25) is 9.69 Å². The molecule has 3 rings (SSSR count). The van der Waals surface area contributed by atoms with Gasteiger partial charge in [-0.1, -0.05) is 35.9 Å². The molecule has 1 heterocycles. The maximum atomic E-state index is 12.8. The molecule has 0 unspecified atom stereocenters. The van der Waals surface area contributed by atoms with Crippen LogP contribution in [0.2, 0.25) is 5.02 Å². The Kier molecular flexibility index (Phi) is 6.37. The third kappa shape index (κ3) is 5.33. The van der Waals surface area contributed by atoms with Gasteiger partial charge < -0.3 is 15.2 Å². The fourth-order valence-electron chi connectivity index (χ4n) is 3.22. The van der Waals surface area contributed by atoms with Crippen molar-refractivity contribution < 1.29 is 19.4 Å². The summed E-state index contributed by atoms with van der Waals surface area (Å²) in [5.74, 6) is -0.518. The van der Waals surface area contributed by atoms with Crippen molar-refractivity contribution in [3.05, 3.63) is 82.2 Å². The average molecular weight is 429 g/mol. The smallest absolute Gasteiger partial charge is 0.411 e. The number of nitrogens with one attached hydrogen (secondary N) is 1. The van der Waals surface area contributed by atoms with Crippen LogP contribution in [0.25, 0.3) is 0 Å². The van der Waals surface area contributed by atoms with Gasteiger partial charge in [-0.15, -0.1) is 0 Å². The molecule has 0 radical (unpaired) electrons. The van der Waals surface area contributed by atoms with Crippen LogP contribution in [0.15, 0.2) is 60.5 Å². The fraction of sp³-hybridized carbons (Fsp3) is 0.304. The van der Waals surface area contributed by atoms with E-state index in [1.807, 2.05) is 24.3 Å². The molecule has 1 atom stereocenters. The number of nitrogens with zero attached hydrogens (tertiary/aromatic N) is 1. The summed E-state index contributed by atoms with van der Waals surface area (Å²) in [6.07, 6.45) is 1.12. The highest BCUT2D eigenvalue weighted by Gasteiger charge is 2.35. The zero-order valence-electron chi connectivity index (χ0n) is 17.2. The number of ether oxygens (including phenoxy) is 1. The van der Waals surface area contributed by atoms with E-state index in [-0.39, 0.29) is 5.76 Å². The lowest BCUT2D eigenvalue weighted by atomic mass is 9.93. The van der Waals surface area contributed by atoms with Gasteiger partial charge in [0.05, 0.1) is 12.6 Å². The van der Waals surface area contributed by atoms with Gasteiger partial charge in [-0.05, 0) is 56.2 Å². The molecular formula is C23H25ClN2O4. The van der Waals surface area contributed by atoms with Gasteiger partial charge in [-0.2, -0.15) is 0 Å². The molecule has 0 aromatic heterocycles. The van der Waals surface area contributed by atoms with E-state index >= 15 is 0 Å². The third-order valence-corrected chi connectivity index (χ3v) is 4.93. The number of halogens is 1. The molecule has 158 valence electrons. The van der Waals surface area contributed by atoms with E-state index in [9.17, 15) is 14.7 Å². The Balaban J connectivity index is 1.81. The van der Waals surface area contributed by atoms with E-state index in [4.69, 9.17) is 16.3 Å². The lowest BCUT2D eigenvalue weighted by molar-refractivity contribution is 0.0114. The van der Waals surface area contributed by atoms with Gasteiger partial charge in [0.15, 0.2) is 0 Å². The van der Waals surface area contributed by atoms with Crippen molar-refractivity contribution in [2.75, 3.05) is 0 Å². The Bertz CT molecular complexity index is 964. The SMILES string of the molecule is CC(C)(C)OC(=O)N1Cc2ccccc2C[C@H]1/C(O)=C/NC(=O)c1ccc(Cl)cc1. The van der Waals surface area contributed by atoms with Crippen LogP contribution >= 0.6 is 11.6 Å². The van der Waals surface area contributed by atoms with Gasteiger partial charge in [0.2, 0.25) is 0 Å². The molecule has 2 N–H and O–H groups in total. The molecule has 6 nitrogen and oxygen atoms in total. The Hall–Kier alpha value is -2.99. The van der Waals surface area contributed by atoms with Gasteiger partial charge in [0, 0.05) is 23.2 Å². The molecule has 2 amide bonds. The van der Waals surface area contributed by atoms with Crippen LogP contribution in [0.1, 0.15) is 42.3 Å². The van der Waals surface area contributed by atoms with Crippen molar-refractivity contribution in [3.63, 3.8) is 0 Å². The van der Waals surface area contributed by atoms with Crippen molar-refractivity contribution in [2.24, 2.45) is 0 Å². The number of aliphatic hydroxyl groups excluding tert-OH is 1. The Morgan fingerprint density at radius 1 is 1.13 bits per heavy atom. The summed E-state index contributed by atoms with van der Waals surface area (Å²) >= 11 is 5.85. The average Bonchev–Trinajstić information content (AvgIpc) is 2.70. The second kappa shape index (κ2) is 8.79. The van der Waals surface area contributed by atoms with E-state index in [0.717, 1.165) is 11.1 Å². The van der Waals surface area contributed by atoms with Crippen molar-refractivity contribution in [3.8, 4) is 0 Å². The predicted octanol–water partition coefficient (Wildman–Crippen LogP) is 4.83. The number of carbonyl (C=O) groups is 2. The Morgan fingerprint density at radius 3 is 2.40 bits per heavy atom. The van der Waals surface area contributed by atoms with E-state index in [1.54, 1.807) is 45.0 Å². The molecule has 2 aromatic carbocycles. The number of hydrogen-bond acceptors (Lipinski definition) is 4. The first-order chi connectivity index (χ1) is 14.1. The normalized spacial score (nSPS) is 16.6.